The van der Waals surface area contributed by atoms with Gasteiger partial charge >= 0.3 is 0 Å². The molecule has 0 saturated heterocycles. The highest BCUT2D eigenvalue weighted by atomic mass is 16.3. The van der Waals surface area contributed by atoms with Crippen LogP contribution in [0.2, 0.25) is 0 Å². The fraction of sp³-hybridized carbons (Fsp3) is 0.412. The first-order valence-electron chi connectivity index (χ1n) is 7.58. The minimum atomic E-state index is -0.147. The molecule has 1 amide bonds. The molecule has 0 spiro atoms. The van der Waals surface area contributed by atoms with E-state index in [1.807, 2.05) is 44.2 Å². The fourth-order valence-corrected chi connectivity index (χ4v) is 2.30. The van der Waals surface area contributed by atoms with Crippen LogP contribution in [-0.2, 0) is 6.54 Å². The van der Waals surface area contributed by atoms with Crippen LogP contribution in [0.3, 0.4) is 0 Å². The van der Waals surface area contributed by atoms with Crippen LogP contribution in [-0.4, -0.2) is 33.4 Å². The monoisotopic (exact) mass is 301 g/mol. The lowest BCUT2D eigenvalue weighted by molar-refractivity contribution is 0.0916. The van der Waals surface area contributed by atoms with Crippen molar-refractivity contribution in [2.45, 2.75) is 32.9 Å². The van der Waals surface area contributed by atoms with Gasteiger partial charge in [-0.15, -0.1) is 0 Å². The number of nitrogens with one attached hydrogen (secondary N) is 1. The standard InChI is InChI=1S/C17H23N3O2/c1-13(2)16(8-9-21)19-17(22)15-10-18-20(12-15)11-14-6-4-3-5-7-14/h3-7,10,12-13,16,21H,8-9,11H2,1-2H3,(H,19,22). The molecule has 118 valence electrons. The van der Waals surface area contributed by atoms with E-state index in [0.717, 1.165) is 5.56 Å². The van der Waals surface area contributed by atoms with Crippen molar-refractivity contribution in [1.29, 1.82) is 0 Å². The largest absolute Gasteiger partial charge is 0.396 e. The van der Waals surface area contributed by atoms with Gasteiger partial charge in [-0.1, -0.05) is 44.2 Å². The van der Waals surface area contributed by atoms with Crippen LogP contribution in [0.5, 0.6) is 0 Å². The molecule has 22 heavy (non-hydrogen) atoms. The summed E-state index contributed by atoms with van der Waals surface area (Å²) in [6.45, 7) is 4.76. The minimum Gasteiger partial charge on any atom is -0.396 e. The van der Waals surface area contributed by atoms with Gasteiger partial charge in [-0.3, -0.25) is 9.48 Å². The van der Waals surface area contributed by atoms with Crippen LogP contribution in [0, 0.1) is 5.92 Å². The number of aromatic nitrogens is 2. The molecule has 1 unspecified atom stereocenters. The SMILES string of the molecule is CC(C)C(CCO)NC(=O)c1cnn(Cc2ccccc2)c1. The number of nitrogens with zero attached hydrogens (tertiary/aromatic N) is 2. The lowest BCUT2D eigenvalue weighted by Gasteiger charge is -2.21. The van der Waals surface area contributed by atoms with Gasteiger partial charge in [0.15, 0.2) is 0 Å². The highest BCUT2D eigenvalue weighted by molar-refractivity contribution is 5.93. The molecule has 1 atom stereocenters. The van der Waals surface area contributed by atoms with Crippen molar-refractivity contribution in [3.63, 3.8) is 0 Å². The summed E-state index contributed by atoms with van der Waals surface area (Å²) in [4.78, 5) is 12.3. The second kappa shape index (κ2) is 7.75. The van der Waals surface area contributed by atoms with Gasteiger partial charge in [0.2, 0.25) is 0 Å². The first kappa shape index (κ1) is 16.2. The zero-order chi connectivity index (χ0) is 15.9. The van der Waals surface area contributed by atoms with Gasteiger partial charge in [-0.05, 0) is 17.9 Å². The molecule has 0 radical (unpaired) electrons. The van der Waals surface area contributed by atoms with Gasteiger partial charge in [0.05, 0.1) is 18.3 Å². The van der Waals surface area contributed by atoms with Crippen molar-refractivity contribution in [1.82, 2.24) is 15.1 Å². The molecule has 5 nitrogen and oxygen atoms in total. The van der Waals surface area contributed by atoms with Gasteiger partial charge < -0.3 is 10.4 Å². The van der Waals surface area contributed by atoms with Crippen molar-refractivity contribution < 1.29 is 9.90 Å². The molecular formula is C17H23N3O2. The van der Waals surface area contributed by atoms with Crippen LogP contribution < -0.4 is 5.32 Å². The Morgan fingerprint density at radius 2 is 2.05 bits per heavy atom. The van der Waals surface area contributed by atoms with Gasteiger partial charge in [0.1, 0.15) is 0 Å². The summed E-state index contributed by atoms with van der Waals surface area (Å²) in [5.41, 5.74) is 1.68. The summed E-state index contributed by atoms with van der Waals surface area (Å²) in [5.74, 6) is 0.127. The Balaban J connectivity index is 1.99. The number of hydrogen-bond donors (Lipinski definition) is 2. The Kier molecular flexibility index (Phi) is 5.72. The van der Waals surface area contributed by atoms with E-state index < -0.39 is 0 Å². The molecule has 2 rings (SSSR count). The van der Waals surface area contributed by atoms with E-state index in [1.54, 1.807) is 17.1 Å². The molecule has 0 aliphatic carbocycles. The molecule has 2 aromatic rings. The number of benzene rings is 1. The summed E-state index contributed by atoms with van der Waals surface area (Å²) >= 11 is 0. The number of rotatable bonds is 7. The average Bonchev–Trinajstić information content (AvgIpc) is 2.96. The minimum absolute atomic E-state index is 0.0324. The number of amides is 1. The maximum atomic E-state index is 12.3. The van der Waals surface area contributed by atoms with Crippen molar-refractivity contribution >= 4 is 5.91 Å². The van der Waals surface area contributed by atoms with E-state index in [1.165, 1.54) is 0 Å². The lowest BCUT2D eigenvalue weighted by Crippen LogP contribution is -2.39. The van der Waals surface area contributed by atoms with Crippen molar-refractivity contribution in [2.24, 2.45) is 5.92 Å². The Labute approximate surface area is 131 Å². The number of carbonyl (C=O) groups is 1. The average molecular weight is 301 g/mol. The second-order valence-electron chi connectivity index (χ2n) is 5.75. The maximum Gasteiger partial charge on any atom is 0.254 e. The smallest absolute Gasteiger partial charge is 0.254 e. The molecular weight excluding hydrogens is 278 g/mol. The van der Waals surface area contributed by atoms with E-state index in [0.29, 0.717) is 18.5 Å². The molecule has 1 heterocycles. The van der Waals surface area contributed by atoms with Crippen molar-refractivity contribution in [3.8, 4) is 0 Å². The normalized spacial score (nSPS) is 12.4. The second-order valence-corrected chi connectivity index (χ2v) is 5.75. The first-order valence-corrected chi connectivity index (χ1v) is 7.58. The molecule has 0 aliphatic rings. The highest BCUT2D eigenvalue weighted by Crippen LogP contribution is 2.08. The third-order valence-electron chi connectivity index (χ3n) is 3.64. The third-order valence-corrected chi connectivity index (χ3v) is 3.64. The summed E-state index contributed by atoms with van der Waals surface area (Å²) in [5, 5.41) is 16.3. The third kappa shape index (κ3) is 4.43. The Morgan fingerprint density at radius 3 is 2.68 bits per heavy atom. The molecule has 0 saturated carbocycles. The van der Waals surface area contributed by atoms with Crippen LogP contribution in [0.4, 0.5) is 0 Å². The zero-order valence-corrected chi connectivity index (χ0v) is 13.1. The predicted octanol–water partition coefficient (Wildman–Crippen LogP) is 2.07. The topological polar surface area (TPSA) is 67.2 Å². The van der Waals surface area contributed by atoms with Crippen LogP contribution in [0.25, 0.3) is 0 Å². The molecule has 0 aliphatic heterocycles. The van der Waals surface area contributed by atoms with Crippen molar-refractivity contribution in [3.05, 3.63) is 53.9 Å². The highest BCUT2D eigenvalue weighted by Gasteiger charge is 2.17. The summed E-state index contributed by atoms with van der Waals surface area (Å²) in [6, 6.07) is 9.95. The quantitative estimate of drug-likeness (QED) is 0.822. The molecule has 0 fully saturated rings. The fourth-order valence-electron chi connectivity index (χ4n) is 2.30. The number of carbonyl (C=O) groups excluding carboxylic acids is 1. The Hall–Kier alpha value is -2.14. The van der Waals surface area contributed by atoms with E-state index in [-0.39, 0.29) is 24.5 Å². The summed E-state index contributed by atoms with van der Waals surface area (Å²) in [7, 11) is 0. The number of aliphatic hydroxyl groups is 1. The summed E-state index contributed by atoms with van der Waals surface area (Å²) in [6.07, 6.45) is 3.88. The zero-order valence-electron chi connectivity index (χ0n) is 13.1. The first-order chi connectivity index (χ1) is 10.6. The maximum absolute atomic E-state index is 12.3. The molecule has 1 aromatic heterocycles. The van der Waals surface area contributed by atoms with Crippen LogP contribution >= 0.6 is 0 Å². The van der Waals surface area contributed by atoms with E-state index in [9.17, 15) is 4.79 Å². The van der Waals surface area contributed by atoms with Gasteiger partial charge in [0, 0.05) is 18.8 Å². The van der Waals surface area contributed by atoms with E-state index in [2.05, 4.69) is 10.4 Å². The number of hydrogen-bond acceptors (Lipinski definition) is 3. The van der Waals surface area contributed by atoms with Gasteiger partial charge in [-0.2, -0.15) is 5.10 Å². The Bertz CT molecular complexity index is 593. The van der Waals surface area contributed by atoms with Crippen molar-refractivity contribution in [2.75, 3.05) is 6.61 Å². The summed E-state index contributed by atoms with van der Waals surface area (Å²) < 4.78 is 1.75. The molecule has 1 aromatic carbocycles. The van der Waals surface area contributed by atoms with Crippen LogP contribution in [0.1, 0.15) is 36.2 Å². The van der Waals surface area contributed by atoms with Crippen LogP contribution in [0.15, 0.2) is 42.7 Å². The lowest BCUT2D eigenvalue weighted by atomic mass is 10.0. The number of aliphatic hydroxyl groups excluding tert-OH is 1. The molecule has 0 bridgehead atoms. The van der Waals surface area contributed by atoms with Gasteiger partial charge in [-0.25, -0.2) is 0 Å². The molecule has 5 heteroatoms. The van der Waals surface area contributed by atoms with Gasteiger partial charge in [0.25, 0.3) is 5.91 Å². The molecule has 2 N–H and O–H groups in total. The predicted molar refractivity (Wildman–Crippen MR) is 85.6 cm³/mol. The van der Waals surface area contributed by atoms with E-state index in [4.69, 9.17) is 5.11 Å². The van der Waals surface area contributed by atoms with E-state index >= 15 is 0 Å². The Morgan fingerprint density at radius 1 is 1.32 bits per heavy atom.